The van der Waals surface area contributed by atoms with Crippen LogP contribution in [0.15, 0.2) is 24.3 Å². The molecule has 2 nitrogen and oxygen atoms in total. The molecule has 0 aliphatic rings. The lowest BCUT2D eigenvalue weighted by Crippen LogP contribution is -2.07. The second-order valence-electron chi connectivity index (χ2n) is 3.82. The van der Waals surface area contributed by atoms with Crippen LogP contribution in [0, 0.1) is 5.89 Å². The highest BCUT2D eigenvalue weighted by molar-refractivity contribution is 5.75. The van der Waals surface area contributed by atoms with Gasteiger partial charge in [0.25, 0.3) is 0 Å². The maximum atomic E-state index is 10.8. The third-order valence-electron chi connectivity index (χ3n) is 2.33. The molecule has 1 aromatic rings. The van der Waals surface area contributed by atoms with E-state index in [9.17, 15) is 4.79 Å². The molecule has 0 heterocycles. The SMILES string of the molecule is [2H]C([2H])C([2H])(C)Cc1ccc(C(C)C(=O)O)cc1. The number of aliphatic carboxylic acids is 1. The summed E-state index contributed by atoms with van der Waals surface area (Å²) in [5.74, 6) is -2.58. The second kappa shape index (κ2) is 4.96. The van der Waals surface area contributed by atoms with Crippen molar-refractivity contribution in [1.82, 2.24) is 0 Å². The van der Waals surface area contributed by atoms with Gasteiger partial charge in [0.2, 0.25) is 0 Å². The van der Waals surface area contributed by atoms with E-state index in [0.717, 1.165) is 5.56 Å². The second-order valence-corrected chi connectivity index (χ2v) is 3.82. The van der Waals surface area contributed by atoms with Gasteiger partial charge in [-0.1, -0.05) is 38.1 Å². The largest absolute Gasteiger partial charge is 0.481 e. The highest BCUT2D eigenvalue weighted by Gasteiger charge is 2.12. The first-order chi connectivity index (χ1) is 8.24. The van der Waals surface area contributed by atoms with E-state index in [2.05, 4.69) is 0 Å². The van der Waals surface area contributed by atoms with Gasteiger partial charge in [0, 0.05) is 4.11 Å². The lowest BCUT2D eigenvalue weighted by atomic mass is 9.97. The number of carbonyl (C=O) groups is 1. The number of rotatable bonds is 4. The normalized spacial score (nSPS) is 19.8. The van der Waals surface area contributed by atoms with Crippen molar-refractivity contribution >= 4 is 5.97 Å². The topological polar surface area (TPSA) is 37.3 Å². The summed E-state index contributed by atoms with van der Waals surface area (Å²) in [6.45, 7) is 1.97. The number of benzene rings is 1. The molecule has 0 amide bonds. The first kappa shape index (κ1) is 7.91. The van der Waals surface area contributed by atoms with E-state index in [0.29, 0.717) is 12.0 Å². The predicted octanol–water partition coefficient (Wildman–Crippen LogP) is 3.07. The minimum Gasteiger partial charge on any atom is -0.481 e. The first-order valence-corrected chi connectivity index (χ1v) is 4.90. The molecule has 82 valence electrons. The molecule has 0 saturated heterocycles. The van der Waals surface area contributed by atoms with Crippen LogP contribution in [0.25, 0.3) is 0 Å². The fourth-order valence-electron chi connectivity index (χ4n) is 1.39. The molecule has 1 aromatic carbocycles. The molecule has 2 heteroatoms. The summed E-state index contributed by atoms with van der Waals surface area (Å²) in [6.07, 6.45) is 0.312. The molecule has 15 heavy (non-hydrogen) atoms. The summed E-state index contributed by atoms with van der Waals surface area (Å²) >= 11 is 0. The van der Waals surface area contributed by atoms with Gasteiger partial charge in [-0.2, -0.15) is 0 Å². The van der Waals surface area contributed by atoms with E-state index < -0.39 is 24.7 Å². The standard InChI is InChI=1S/C13H18O2/c1-9(2)8-11-4-6-12(7-5-11)10(3)13(14)15/h4-7,9-10H,8H2,1-3H3,(H,14,15)/i1D2,9D. The Morgan fingerprint density at radius 2 is 2.07 bits per heavy atom. The number of carboxylic acid groups (broad SMARTS) is 1. The number of hydrogen-bond donors (Lipinski definition) is 1. The quantitative estimate of drug-likeness (QED) is 0.827. The van der Waals surface area contributed by atoms with Crippen LogP contribution in [0.3, 0.4) is 0 Å². The molecule has 0 spiro atoms. The van der Waals surface area contributed by atoms with E-state index in [4.69, 9.17) is 9.22 Å². The van der Waals surface area contributed by atoms with Crippen LogP contribution < -0.4 is 0 Å². The lowest BCUT2D eigenvalue weighted by molar-refractivity contribution is -0.138. The highest BCUT2D eigenvalue weighted by Crippen LogP contribution is 2.17. The van der Waals surface area contributed by atoms with Crippen LogP contribution in [0.2, 0.25) is 0 Å². The molecule has 0 radical (unpaired) electrons. The minimum atomic E-state index is -1.21. The minimum absolute atomic E-state index is 0.312. The Morgan fingerprint density at radius 1 is 1.47 bits per heavy atom. The molecule has 0 aliphatic heterocycles. The van der Waals surface area contributed by atoms with E-state index >= 15 is 0 Å². The van der Waals surface area contributed by atoms with Crippen LogP contribution in [0.5, 0.6) is 0 Å². The summed E-state index contributed by atoms with van der Waals surface area (Å²) in [7, 11) is 0. The van der Waals surface area contributed by atoms with Crippen LogP contribution in [0.1, 0.15) is 41.9 Å². The Balaban J connectivity index is 2.81. The zero-order valence-corrected chi connectivity index (χ0v) is 9.03. The third kappa shape index (κ3) is 3.39. The molecule has 2 unspecified atom stereocenters. The first-order valence-electron chi connectivity index (χ1n) is 6.55. The van der Waals surface area contributed by atoms with Gasteiger partial charge in [-0.15, -0.1) is 0 Å². The van der Waals surface area contributed by atoms with Crippen molar-refractivity contribution in [2.75, 3.05) is 0 Å². The van der Waals surface area contributed by atoms with Gasteiger partial charge in [-0.3, -0.25) is 4.79 Å². The van der Waals surface area contributed by atoms with Crippen LogP contribution in [0.4, 0.5) is 0 Å². The van der Waals surface area contributed by atoms with E-state index in [1.165, 1.54) is 0 Å². The maximum absolute atomic E-state index is 10.8. The van der Waals surface area contributed by atoms with Crippen LogP contribution >= 0.6 is 0 Å². The van der Waals surface area contributed by atoms with E-state index in [1.807, 2.05) is 0 Å². The Kier molecular flexibility index (Phi) is 2.62. The van der Waals surface area contributed by atoms with Gasteiger partial charge in [-0.25, -0.2) is 0 Å². The van der Waals surface area contributed by atoms with Crippen molar-refractivity contribution in [3.63, 3.8) is 0 Å². The molecule has 0 aromatic heterocycles. The Bertz CT molecular complexity index is 413. The lowest BCUT2D eigenvalue weighted by Gasteiger charge is -2.09. The smallest absolute Gasteiger partial charge is 0.310 e. The average molecular weight is 209 g/mol. The predicted molar refractivity (Wildman–Crippen MR) is 61.0 cm³/mol. The number of carboxylic acids is 1. The molecule has 0 fully saturated rings. The molecular formula is C13H18O2. The zero-order valence-electron chi connectivity index (χ0n) is 12.0. The molecule has 0 saturated carbocycles. The molecule has 0 aliphatic carbocycles. The summed E-state index contributed by atoms with van der Waals surface area (Å²) in [5.41, 5.74) is 1.56. The van der Waals surface area contributed by atoms with Gasteiger partial charge >= 0.3 is 5.97 Å². The average Bonchev–Trinajstić information content (AvgIpc) is 2.28. The van der Waals surface area contributed by atoms with Crippen molar-refractivity contribution in [3.8, 4) is 0 Å². The van der Waals surface area contributed by atoms with Gasteiger partial charge < -0.3 is 5.11 Å². The summed E-state index contributed by atoms with van der Waals surface area (Å²) in [6, 6.07) is 6.99. The van der Waals surface area contributed by atoms with Crippen molar-refractivity contribution in [2.24, 2.45) is 5.89 Å². The van der Waals surface area contributed by atoms with Gasteiger partial charge in [0.05, 0.1) is 5.92 Å². The number of hydrogen-bond acceptors (Lipinski definition) is 1. The summed E-state index contributed by atoms with van der Waals surface area (Å²) < 4.78 is 22.5. The fraction of sp³-hybridized carbons (Fsp3) is 0.462. The zero-order chi connectivity index (χ0) is 13.9. The fourth-order valence-corrected chi connectivity index (χ4v) is 1.39. The third-order valence-corrected chi connectivity index (χ3v) is 2.33. The summed E-state index contributed by atoms with van der Waals surface area (Å²) in [5, 5.41) is 8.88. The van der Waals surface area contributed by atoms with Crippen molar-refractivity contribution in [3.05, 3.63) is 35.4 Å². The molecule has 0 bridgehead atoms. The molecular weight excluding hydrogens is 188 g/mol. The summed E-state index contributed by atoms with van der Waals surface area (Å²) in [4.78, 5) is 10.8. The van der Waals surface area contributed by atoms with Gasteiger partial charge in [0.15, 0.2) is 0 Å². The van der Waals surface area contributed by atoms with Gasteiger partial charge in [-0.05, 0) is 30.4 Å². The molecule has 1 N–H and O–H groups in total. The van der Waals surface area contributed by atoms with Crippen molar-refractivity contribution in [1.29, 1.82) is 0 Å². The van der Waals surface area contributed by atoms with Crippen molar-refractivity contribution in [2.45, 2.75) is 33.1 Å². The van der Waals surface area contributed by atoms with E-state index in [-0.39, 0.29) is 0 Å². The van der Waals surface area contributed by atoms with E-state index in [1.54, 1.807) is 38.1 Å². The van der Waals surface area contributed by atoms with Gasteiger partial charge in [0.1, 0.15) is 0 Å². The Hall–Kier alpha value is -1.31. The van der Waals surface area contributed by atoms with Crippen LogP contribution in [-0.2, 0) is 11.2 Å². The highest BCUT2D eigenvalue weighted by atomic mass is 16.4. The van der Waals surface area contributed by atoms with Crippen LogP contribution in [-0.4, -0.2) is 11.1 Å². The monoisotopic (exact) mass is 209 g/mol. The molecule has 1 rings (SSSR count). The van der Waals surface area contributed by atoms with Crippen molar-refractivity contribution < 1.29 is 14.0 Å². The Labute approximate surface area is 95.2 Å². The maximum Gasteiger partial charge on any atom is 0.310 e. The molecule has 2 atom stereocenters. The Morgan fingerprint density at radius 3 is 2.53 bits per heavy atom.